The second-order valence-electron chi connectivity index (χ2n) is 10.9. The van der Waals surface area contributed by atoms with Gasteiger partial charge in [-0.15, -0.1) is 0 Å². The molecule has 3 heterocycles. The molecule has 0 amide bonds. The normalized spacial score (nSPS) is 11.7. The molecule has 0 fully saturated rings. The van der Waals surface area contributed by atoms with Crippen LogP contribution in [0.4, 0.5) is 0 Å². The number of benzene rings is 6. The van der Waals surface area contributed by atoms with Gasteiger partial charge >= 0.3 is 0 Å². The number of hydrogen-bond acceptors (Lipinski definition) is 3. The zero-order valence-electron chi connectivity index (χ0n) is 23.1. The first-order valence-corrected chi connectivity index (χ1v) is 14.5. The summed E-state index contributed by atoms with van der Waals surface area (Å²) in [6, 6.07) is 48.6. The van der Waals surface area contributed by atoms with E-state index in [1.54, 1.807) is 0 Å². The minimum Gasteiger partial charge on any atom is -0.299 e. The van der Waals surface area contributed by atoms with Crippen molar-refractivity contribution in [2.45, 2.75) is 0 Å². The molecule has 200 valence electrons. The lowest BCUT2D eigenvalue weighted by molar-refractivity contribution is 1.23. The second-order valence-corrected chi connectivity index (χ2v) is 10.9. The predicted molar refractivity (Wildman–Crippen MR) is 177 cm³/mol. The molecule has 0 aliphatic heterocycles. The average molecular weight is 549 g/mol. The quantitative estimate of drug-likeness (QED) is 0.206. The fourth-order valence-corrected chi connectivity index (χ4v) is 6.34. The van der Waals surface area contributed by atoms with Crippen molar-refractivity contribution in [1.82, 2.24) is 19.4 Å². The molecular weight excluding hydrogens is 524 g/mol. The van der Waals surface area contributed by atoms with Crippen molar-refractivity contribution < 1.29 is 0 Å². The Kier molecular flexibility index (Phi) is 5.16. The van der Waals surface area contributed by atoms with Crippen LogP contribution in [0, 0.1) is 0 Å². The number of fused-ring (bicyclic) bond motifs is 9. The molecule has 3 aromatic heterocycles. The lowest BCUT2D eigenvalue weighted by Crippen LogP contribution is -1.96. The Hall–Kier alpha value is -5.87. The summed E-state index contributed by atoms with van der Waals surface area (Å²) in [5.74, 6) is 0. The van der Waals surface area contributed by atoms with E-state index in [0.29, 0.717) is 0 Å². The van der Waals surface area contributed by atoms with Gasteiger partial charge in [-0.05, 0) is 58.3 Å². The van der Waals surface area contributed by atoms with Crippen LogP contribution in [-0.2, 0) is 0 Å². The summed E-state index contributed by atoms with van der Waals surface area (Å²) in [5.41, 5.74) is 11.0. The maximum absolute atomic E-state index is 5.20. The Balaban J connectivity index is 1.40. The van der Waals surface area contributed by atoms with Crippen LogP contribution >= 0.6 is 0 Å². The molecule has 43 heavy (non-hydrogen) atoms. The van der Waals surface area contributed by atoms with Gasteiger partial charge in [0.1, 0.15) is 5.65 Å². The van der Waals surface area contributed by atoms with Crippen LogP contribution in [0.2, 0.25) is 0 Å². The Bertz CT molecular complexity index is 2500. The van der Waals surface area contributed by atoms with Crippen molar-refractivity contribution in [3.8, 4) is 33.6 Å². The number of rotatable bonds is 3. The Morgan fingerprint density at radius 3 is 1.74 bits per heavy atom. The van der Waals surface area contributed by atoms with Gasteiger partial charge in [0.05, 0.1) is 33.5 Å². The fourth-order valence-electron chi connectivity index (χ4n) is 6.34. The Morgan fingerprint density at radius 1 is 0.395 bits per heavy atom. The van der Waals surface area contributed by atoms with E-state index in [9.17, 15) is 0 Å². The molecule has 0 saturated heterocycles. The third-order valence-electron chi connectivity index (χ3n) is 8.37. The molecule has 0 aliphatic carbocycles. The first-order valence-electron chi connectivity index (χ1n) is 14.5. The lowest BCUT2D eigenvalue weighted by Gasteiger charge is -2.14. The molecule has 9 aromatic rings. The molecular formula is C39H24N4. The first-order chi connectivity index (χ1) is 21.3. The van der Waals surface area contributed by atoms with E-state index < -0.39 is 0 Å². The SMILES string of the molecule is c1ccc(-c2ccc3c(c2)c2cc(-c4nc5ccccc5nc4-c4ccccc4)ccc2c2c3nc3ccccn32)cc1. The van der Waals surface area contributed by atoms with E-state index >= 15 is 0 Å². The van der Waals surface area contributed by atoms with Gasteiger partial charge < -0.3 is 0 Å². The maximum atomic E-state index is 5.20. The number of aromatic nitrogens is 4. The maximum Gasteiger partial charge on any atom is 0.137 e. The van der Waals surface area contributed by atoms with Crippen molar-refractivity contribution in [2.24, 2.45) is 0 Å². The van der Waals surface area contributed by atoms with Gasteiger partial charge in [-0.1, -0.05) is 103 Å². The number of hydrogen-bond donors (Lipinski definition) is 0. The molecule has 4 heteroatoms. The molecule has 0 spiro atoms. The summed E-state index contributed by atoms with van der Waals surface area (Å²) in [7, 11) is 0. The molecule has 0 unspecified atom stereocenters. The minimum atomic E-state index is 0.873. The topological polar surface area (TPSA) is 43.1 Å². The third kappa shape index (κ3) is 3.74. The highest BCUT2D eigenvalue weighted by atomic mass is 15.0. The second kappa shape index (κ2) is 9.33. The van der Waals surface area contributed by atoms with Crippen molar-refractivity contribution in [1.29, 1.82) is 0 Å². The van der Waals surface area contributed by atoms with Crippen molar-refractivity contribution in [2.75, 3.05) is 0 Å². The number of para-hydroxylation sites is 2. The molecule has 4 nitrogen and oxygen atoms in total. The van der Waals surface area contributed by atoms with E-state index in [2.05, 4.69) is 114 Å². The van der Waals surface area contributed by atoms with Gasteiger partial charge in [0.15, 0.2) is 0 Å². The van der Waals surface area contributed by atoms with E-state index in [4.69, 9.17) is 15.0 Å². The molecule has 0 aliphatic rings. The third-order valence-corrected chi connectivity index (χ3v) is 8.37. The summed E-state index contributed by atoms with van der Waals surface area (Å²) in [4.78, 5) is 15.4. The van der Waals surface area contributed by atoms with E-state index in [0.717, 1.165) is 66.4 Å². The van der Waals surface area contributed by atoms with Gasteiger partial charge in [-0.3, -0.25) is 4.40 Å². The highest BCUT2D eigenvalue weighted by Crippen LogP contribution is 2.40. The molecule has 0 atom stereocenters. The first kappa shape index (κ1) is 23.8. The monoisotopic (exact) mass is 548 g/mol. The van der Waals surface area contributed by atoms with Gasteiger partial charge in [0.25, 0.3) is 0 Å². The molecule has 6 aromatic carbocycles. The molecule has 0 N–H and O–H groups in total. The van der Waals surface area contributed by atoms with Crippen LogP contribution in [0.3, 0.4) is 0 Å². The fraction of sp³-hybridized carbons (Fsp3) is 0. The van der Waals surface area contributed by atoms with Gasteiger partial charge in [0.2, 0.25) is 0 Å². The van der Waals surface area contributed by atoms with Crippen molar-refractivity contribution in [3.05, 3.63) is 146 Å². The van der Waals surface area contributed by atoms with Crippen molar-refractivity contribution >= 4 is 49.3 Å². The average Bonchev–Trinajstić information content (AvgIpc) is 3.48. The zero-order valence-corrected chi connectivity index (χ0v) is 23.1. The number of nitrogens with zero attached hydrogens (tertiary/aromatic N) is 4. The van der Waals surface area contributed by atoms with E-state index in [1.807, 2.05) is 36.4 Å². The van der Waals surface area contributed by atoms with Gasteiger partial charge in [-0.2, -0.15) is 0 Å². The number of imidazole rings is 1. The van der Waals surface area contributed by atoms with Crippen LogP contribution in [-0.4, -0.2) is 19.4 Å². The molecule has 0 radical (unpaired) electrons. The summed E-state index contributed by atoms with van der Waals surface area (Å²) in [6.45, 7) is 0. The van der Waals surface area contributed by atoms with Gasteiger partial charge in [-0.25, -0.2) is 15.0 Å². The summed E-state index contributed by atoms with van der Waals surface area (Å²) in [5, 5.41) is 4.63. The minimum absolute atomic E-state index is 0.873. The largest absolute Gasteiger partial charge is 0.299 e. The van der Waals surface area contributed by atoms with Crippen LogP contribution in [0.1, 0.15) is 0 Å². The number of pyridine rings is 1. The van der Waals surface area contributed by atoms with E-state index in [1.165, 1.54) is 16.5 Å². The summed E-state index contributed by atoms with van der Waals surface area (Å²) < 4.78 is 2.20. The molecule has 9 rings (SSSR count). The Morgan fingerprint density at radius 2 is 0.977 bits per heavy atom. The Labute approximate surface area is 247 Å². The summed E-state index contributed by atoms with van der Waals surface area (Å²) in [6.07, 6.45) is 2.10. The van der Waals surface area contributed by atoms with Crippen LogP contribution in [0.25, 0.3) is 82.9 Å². The van der Waals surface area contributed by atoms with Crippen molar-refractivity contribution in [3.63, 3.8) is 0 Å². The highest BCUT2D eigenvalue weighted by molar-refractivity contribution is 6.25. The van der Waals surface area contributed by atoms with E-state index in [-0.39, 0.29) is 0 Å². The van der Waals surface area contributed by atoms with Crippen LogP contribution in [0.15, 0.2) is 146 Å². The summed E-state index contributed by atoms with van der Waals surface area (Å²) >= 11 is 0. The van der Waals surface area contributed by atoms with Crippen LogP contribution in [0.5, 0.6) is 0 Å². The predicted octanol–water partition coefficient (Wildman–Crippen LogP) is 9.74. The smallest absolute Gasteiger partial charge is 0.137 e. The highest BCUT2D eigenvalue weighted by Gasteiger charge is 2.18. The van der Waals surface area contributed by atoms with Gasteiger partial charge in [0, 0.05) is 28.1 Å². The van der Waals surface area contributed by atoms with Crippen LogP contribution < -0.4 is 0 Å². The molecule has 0 bridgehead atoms. The standard InChI is InChI=1S/C39H24N4/c1-3-11-25(12-4-1)27-18-20-29-31(23-27)32-24-28(19-21-30(32)39-38(29)42-35-17-9-10-22-43(35)39)37-36(26-13-5-2-6-14-26)40-33-15-7-8-16-34(33)41-37/h1-24H. The zero-order chi connectivity index (χ0) is 28.3. The lowest BCUT2D eigenvalue weighted by atomic mass is 9.93. The molecule has 0 saturated carbocycles.